The predicted molar refractivity (Wildman–Crippen MR) is 83.9 cm³/mol. The minimum absolute atomic E-state index is 0.0748. The molecule has 2 saturated heterocycles. The van der Waals surface area contributed by atoms with Crippen LogP contribution in [0, 0.1) is 11.7 Å². The lowest BCUT2D eigenvalue weighted by Crippen LogP contribution is -2.39. The second kappa shape index (κ2) is 7.64. The molecule has 1 aromatic rings. The average Bonchev–Trinajstić information content (AvgIpc) is 2.93. The highest BCUT2D eigenvalue weighted by atomic mass is 19.1. The molecule has 0 aromatic heterocycles. The molecule has 1 atom stereocenters. The second-order valence-corrected chi connectivity index (χ2v) is 6.17. The van der Waals surface area contributed by atoms with E-state index in [2.05, 4.69) is 5.32 Å². The van der Waals surface area contributed by atoms with Gasteiger partial charge in [-0.25, -0.2) is 9.18 Å². The number of nitrogens with zero attached hydrogens (tertiary/aromatic N) is 1. The summed E-state index contributed by atoms with van der Waals surface area (Å²) < 4.78 is 23.7. The molecule has 1 aromatic carbocycles. The molecule has 2 aliphatic heterocycles. The van der Waals surface area contributed by atoms with E-state index in [-0.39, 0.29) is 18.0 Å². The average molecular weight is 322 g/mol. The largest absolute Gasteiger partial charge is 0.491 e. The monoisotopic (exact) mass is 322 g/mol. The van der Waals surface area contributed by atoms with E-state index in [1.54, 1.807) is 17.0 Å². The number of halogens is 1. The van der Waals surface area contributed by atoms with Crippen molar-refractivity contribution in [3.63, 3.8) is 0 Å². The number of nitrogens with one attached hydrogen (secondary N) is 1. The van der Waals surface area contributed by atoms with Crippen molar-refractivity contribution in [2.24, 2.45) is 5.92 Å². The molecular weight excluding hydrogens is 299 g/mol. The molecular formula is C17H23FN2O3. The van der Waals surface area contributed by atoms with Gasteiger partial charge in [0.2, 0.25) is 0 Å². The normalized spacial score (nSPS) is 22.2. The maximum absolute atomic E-state index is 12.9. The standard InChI is InChI=1S/C17H23FN2O3/c18-14-1-3-16(4-2-14)22-11-15-12-23-17(21)20(15)10-7-13-5-8-19-9-6-13/h1-4,13,15,19H,5-12H2. The van der Waals surface area contributed by atoms with Crippen LogP contribution >= 0.6 is 0 Å². The molecule has 1 amide bonds. The first kappa shape index (κ1) is 16.1. The lowest BCUT2D eigenvalue weighted by molar-refractivity contribution is 0.151. The zero-order valence-electron chi connectivity index (χ0n) is 13.2. The smallest absolute Gasteiger partial charge is 0.410 e. The molecule has 0 bridgehead atoms. The van der Waals surface area contributed by atoms with Crippen LogP contribution in [0.5, 0.6) is 5.75 Å². The highest BCUT2D eigenvalue weighted by Crippen LogP contribution is 2.21. The highest BCUT2D eigenvalue weighted by molar-refractivity contribution is 5.70. The van der Waals surface area contributed by atoms with Crippen molar-refractivity contribution >= 4 is 6.09 Å². The Balaban J connectivity index is 1.49. The van der Waals surface area contributed by atoms with Gasteiger partial charge in [-0.1, -0.05) is 0 Å². The summed E-state index contributed by atoms with van der Waals surface area (Å²) in [4.78, 5) is 13.7. The van der Waals surface area contributed by atoms with Gasteiger partial charge in [0.15, 0.2) is 0 Å². The van der Waals surface area contributed by atoms with Gasteiger partial charge in [0.25, 0.3) is 0 Å². The van der Waals surface area contributed by atoms with Gasteiger partial charge in [-0.15, -0.1) is 0 Å². The Bertz CT molecular complexity index is 517. The Morgan fingerprint density at radius 1 is 1.26 bits per heavy atom. The van der Waals surface area contributed by atoms with E-state index >= 15 is 0 Å². The lowest BCUT2D eigenvalue weighted by atomic mass is 9.94. The number of rotatable bonds is 6. The molecule has 5 nitrogen and oxygen atoms in total. The van der Waals surface area contributed by atoms with E-state index in [0.717, 1.165) is 19.5 Å². The lowest BCUT2D eigenvalue weighted by Gasteiger charge is -2.26. The zero-order chi connectivity index (χ0) is 16.1. The number of carbonyl (C=O) groups excluding carboxylic acids is 1. The van der Waals surface area contributed by atoms with Gasteiger partial charge in [0.05, 0.1) is 0 Å². The summed E-state index contributed by atoms with van der Waals surface area (Å²) in [5.74, 6) is 0.979. The first-order chi connectivity index (χ1) is 11.2. The minimum atomic E-state index is -0.291. The van der Waals surface area contributed by atoms with Crippen molar-refractivity contribution in [3.8, 4) is 5.75 Å². The van der Waals surface area contributed by atoms with E-state index in [9.17, 15) is 9.18 Å². The third-order valence-corrected chi connectivity index (χ3v) is 4.57. The highest BCUT2D eigenvalue weighted by Gasteiger charge is 2.33. The Labute approximate surface area is 135 Å². The van der Waals surface area contributed by atoms with Crippen molar-refractivity contribution < 1.29 is 18.7 Å². The number of ether oxygens (including phenoxy) is 2. The summed E-state index contributed by atoms with van der Waals surface area (Å²) in [5.41, 5.74) is 0. The van der Waals surface area contributed by atoms with Gasteiger partial charge in [-0.05, 0) is 62.5 Å². The van der Waals surface area contributed by atoms with Gasteiger partial charge in [0, 0.05) is 6.54 Å². The molecule has 2 heterocycles. The van der Waals surface area contributed by atoms with Crippen LogP contribution in [0.1, 0.15) is 19.3 Å². The molecule has 2 aliphatic rings. The molecule has 23 heavy (non-hydrogen) atoms. The van der Waals surface area contributed by atoms with Gasteiger partial charge in [0.1, 0.15) is 30.8 Å². The fraction of sp³-hybridized carbons (Fsp3) is 0.588. The van der Waals surface area contributed by atoms with Crippen molar-refractivity contribution in [1.29, 1.82) is 0 Å². The van der Waals surface area contributed by atoms with Gasteiger partial charge < -0.3 is 14.8 Å². The molecule has 2 fully saturated rings. The predicted octanol–water partition coefficient (Wildman–Crippen LogP) is 2.42. The van der Waals surface area contributed by atoms with Crippen LogP contribution in [0.25, 0.3) is 0 Å². The molecule has 0 saturated carbocycles. The van der Waals surface area contributed by atoms with Crippen LogP contribution in [0.3, 0.4) is 0 Å². The Morgan fingerprint density at radius 3 is 2.74 bits per heavy atom. The molecule has 126 valence electrons. The maximum atomic E-state index is 12.9. The summed E-state index contributed by atoms with van der Waals surface area (Å²) in [7, 11) is 0. The van der Waals surface area contributed by atoms with E-state index in [4.69, 9.17) is 9.47 Å². The third-order valence-electron chi connectivity index (χ3n) is 4.57. The number of hydrogen-bond donors (Lipinski definition) is 1. The quantitative estimate of drug-likeness (QED) is 0.874. The van der Waals surface area contributed by atoms with Crippen LogP contribution < -0.4 is 10.1 Å². The van der Waals surface area contributed by atoms with Gasteiger partial charge in [-0.3, -0.25) is 4.90 Å². The maximum Gasteiger partial charge on any atom is 0.410 e. The summed E-state index contributed by atoms with van der Waals surface area (Å²) in [6, 6.07) is 5.83. The topological polar surface area (TPSA) is 50.8 Å². The number of piperidine rings is 1. The van der Waals surface area contributed by atoms with E-state index in [1.165, 1.54) is 25.0 Å². The first-order valence-electron chi connectivity index (χ1n) is 8.25. The van der Waals surface area contributed by atoms with E-state index in [0.29, 0.717) is 31.4 Å². The first-order valence-corrected chi connectivity index (χ1v) is 8.25. The molecule has 0 radical (unpaired) electrons. The summed E-state index contributed by atoms with van der Waals surface area (Å²) in [6.45, 7) is 3.55. The summed E-state index contributed by atoms with van der Waals surface area (Å²) in [6.07, 6.45) is 3.08. The SMILES string of the molecule is O=C1OCC(COc2ccc(F)cc2)N1CCC1CCNCC1. The van der Waals surface area contributed by atoms with Gasteiger partial charge in [-0.2, -0.15) is 0 Å². The van der Waals surface area contributed by atoms with Crippen LogP contribution in [-0.2, 0) is 4.74 Å². The van der Waals surface area contributed by atoms with Crippen LogP contribution in [0.15, 0.2) is 24.3 Å². The Kier molecular flexibility index (Phi) is 5.33. The molecule has 6 heteroatoms. The van der Waals surface area contributed by atoms with Crippen molar-refractivity contribution in [2.75, 3.05) is 32.8 Å². The Hall–Kier alpha value is -1.82. The molecule has 1 N–H and O–H groups in total. The van der Waals surface area contributed by atoms with E-state index < -0.39 is 0 Å². The van der Waals surface area contributed by atoms with Gasteiger partial charge >= 0.3 is 6.09 Å². The van der Waals surface area contributed by atoms with Crippen LogP contribution in [0.2, 0.25) is 0 Å². The number of benzene rings is 1. The fourth-order valence-corrected chi connectivity index (χ4v) is 3.12. The molecule has 3 rings (SSSR count). The minimum Gasteiger partial charge on any atom is -0.491 e. The number of cyclic esters (lactones) is 1. The molecule has 0 aliphatic carbocycles. The van der Waals surface area contributed by atoms with Crippen LogP contribution in [-0.4, -0.2) is 49.9 Å². The third kappa shape index (κ3) is 4.34. The number of hydrogen-bond acceptors (Lipinski definition) is 4. The van der Waals surface area contributed by atoms with Crippen LogP contribution in [0.4, 0.5) is 9.18 Å². The van der Waals surface area contributed by atoms with Crippen molar-refractivity contribution in [3.05, 3.63) is 30.1 Å². The Morgan fingerprint density at radius 2 is 2.00 bits per heavy atom. The summed E-state index contributed by atoms with van der Waals surface area (Å²) >= 11 is 0. The zero-order valence-corrected chi connectivity index (χ0v) is 13.2. The van der Waals surface area contributed by atoms with Crippen molar-refractivity contribution in [1.82, 2.24) is 10.2 Å². The number of carbonyl (C=O) groups is 1. The second-order valence-electron chi connectivity index (χ2n) is 6.17. The molecule has 1 unspecified atom stereocenters. The number of amides is 1. The summed E-state index contributed by atoms with van der Waals surface area (Å²) in [5, 5.41) is 3.35. The molecule has 0 spiro atoms. The van der Waals surface area contributed by atoms with Crippen molar-refractivity contribution in [2.45, 2.75) is 25.3 Å². The fourth-order valence-electron chi connectivity index (χ4n) is 3.12. The van der Waals surface area contributed by atoms with E-state index in [1.807, 2.05) is 0 Å².